The Bertz CT molecular complexity index is 1490. The molecule has 0 aliphatic carbocycles. The van der Waals surface area contributed by atoms with Crippen molar-refractivity contribution in [3.05, 3.63) is 94.3 Å². The van der Waals surface area contributed by atoms with Crippen LogP contribution in [0, 0.1) is 12.7 Å². The summed E-state index contributed by atoms with van der Waals surface area (Å²) < 4.78 is 64.7. The van der Waals surface area contributed by atoms with Gasteiger partial charge in [-0.2, -0.15) is 13.2 Å². The van der Waals surface area contributed by atoms with Gasteiger partial charge in [-0.15, -0.1) is 11.3 Å². The van der Waals surface area contributed by atoms with E-state index in [1.807, 2.05) is 0 Å². The zero-order chi connectivity index (χ0) is 28.9. The fourth-order valence-corrected chi connectivity index (χ4v) is 4.20. The van der Waals surface area contributed by atoms with E-state index in [4.69, 9.17) is 9.47 Å². The van der Waals surface area contributed by atoms with Crippen molar-refractivity contribution >= 4 is 23.2 Å². The molecule has 0 fully saturated rings. The molecule has 0 radical (unpaired) electrons. The highest BCUT2D eigenvalue weighted by Gasteiger charge is 2.34. The van der Waals surface area contributed by atoms with E-state index in [-0.39, 0.29) is 35.6 Å². The molecule has 2 heterocycles. The van der Waals surface area contributed by atoms with E-state index >= 15 is 4.39 Å². The summed E-state index contributed by atoms with van der Waals surface area (Å²) >= 11 is 1.21. The number of aromatic nitrogens is 3. The Labute approximate surface area is 230 Å². The predicted octanol–water partition coefficient (Wildman–Crippen LogP) is 5.62. The zero-order valence-corrected chi connectivity index (χ0v) is 22.0. The van der Waals surface area contributed by atoms with Crippen LogP contribution in [0.5, 0.6) is 5.75 Å². The van der Waals surface area contributed by atoms with Crippen LogP contribution in [-0.2, 0) is 17.5 Å². The average Bonchev–Trinajstić information content (AvgIpc) is 3.37. The van der Waals surface area contributed by atoms with Gasteiger partial charge in [0, 0.05) is 35.6 Å². The number of aryl methyl sites for hydroxylation is 1. The molecule has 0 saturated heterocycles. The molecule has 1 atom stereocenters. The zero-order valence-electron chi connectivity index (χ0n) is 21.2. The molecule has 0 bridgehead atoms. The second-order valence-corrected chi connectivity index (χ2v) is 9.83. The highest BCUT2D eigenvalue weighted by molar-refractivity contribution is 7.14. The molecule has 2 aromatic heterocycles. The maximum atomic E-state index is 15.5. The summed E-state index contributed by atoms with van der Waals surface area (Å²) in [6.45, 7) is 3.07. The van der Waals surface area contributed by atoms with Crippen molar-refractivity contribution in [1.82, 2.24) is 20.3 Å². The van der Waals surface area contributed by atoms with E-state index in [0.717, 1.165) is 17.3 Å². The molecule has 1 N–H and O–H groups in total. The minimum absolute atomic E-state index is 0.0209. The van der Waals surface area contributed by atoms with Crippen LogP contribution in [0.2, 0.25) is 0 Å². The predicted molar refractivity (Wildman–Crippen MR) is 137 cm³/mol. The van der Waals surface area contributed by atoms with Crippen molar-refractivity contribution in [1.29, 1.82) is 0 Å². The Balaban J connectivity index is 1.50. The largest absolute Gasteiger partial charge is 0.490 e. The maximum absolute atomic E-state index is 15.5. The minimum atomic E-state index is -4.70. The number of halogens is 4. The molecule has 13 heteroatoms. The summed E-state index contributed by atoms with van der Waals surface area (Å²) in [6, 6.07) is 11.0. The molecule has 8 nitrogen and oxygen atoms in total. The van der Waals surface area contributed by atoms with E-state index in [2.05, 4.69) is 20.3 Å². The molecular weight excluding hydrogens is 552 g/mol. The number of benzene rings is 2. The van der Waals surface area contributed by atoms with Crippen molar-refractivity contribution in [3.63, 3.8) is 0 Å². The Morgan fingerprint density at radius 1 is 1.05 bits per heavy atom. The van der Waals surface area contributed by atoms with Gasteiger partial charge in [-0.3, -0.25) is 4.79 Å². The van der Waals surface area contributed by atoms with Crippen LogP contribution in [0.4, 0.5) is 17.6 Å². The van der Waals surface area contributed by atoms with Crippen molar-refractivity contribution < 1.29 is 36.6 Å². The number of thiazole rings is 1. The van der Waals surface area contributed by atoms with Crippen LogP contribution < -0.4 is 10.1 Å². The van der Waals surface area contributed by atoms with Crippen LogP contribution in [0.3, 0.4) is 0 Å². The van der Waals surface area contributed by atoms with Gasteiger partial charge in [0.15, 0.2) is 0 Å². The van der Waals surface area contributed by atoms with Crippen molar-refractivity contribution in [2.75, 3.05) is 6.61 Å². The summed E-state index contributed by atoms with van der Waals surface area (Å²) in [7, 11) is 0. The highest BCUT2D eigenvalue weighted by Crippen LogP contribution is 2.33. The first kappa shape index (κ1) is 28.6. The third-order valence-electron chi connectivity index (χ3n) is 5.36. The molecule has 0 saturated carbocycles. The Hall–Kier alpha value is -4.39. The van der Waals surface area contributed by atoms with Gasteiger partial charge < -0.3 is 14.8 Å². The van der Waals surface area contributed by atoms with E-state index in [1.54, 1.807) is 50.4 Å². The molecule has 40 heavy (non-hydrogen) atoms. The van der Waals surface area contributed by atoms with Gasteiger partial charge in [-0.1, -0.05) is 18.2 Å². The number of carbonyl (C=O) groups is 2. The lowest BCUT2D eigenvalue weighted by Crippen LogP contribution is -2.25. The molecule has 0 spiro atoms. The summed E-state index contributed by atoms with van der Waals surface area (Å²) in [5.41, 5.74) is 0.198. The van der Waals surface area contributed by atoms with Gasteiger partial charge in [0.25, 0.3) is 5.91 Å². The summed E-state index contributed by atoms with van der Waals surface area (Å²) in [4.78, 5) is 36.7. The lowest BCUT2D eigenvalue weighted by molar-refractivity contribution is -0.145. The topological polar surface area (TPSA) is 103 Å². The van der Waals surface area contributed by atoms with Crippen LogP contribution in [0.15, 0.2) is 61.1 Å². The standard InChI is InChI=1S/C27H22F4N4O4S/c1-15(39-25(37)18-6-4-3-5-7-18)14-38-19-8-20(22(28)21(9-19)24-33-10-16(2)40-24)23(36)32-11-17-12-34-26(35-13-17)27(29,30)31/h3-10,12-13,15H,11,14H2,1-2H3,(H,32,36). The van der Waals surface area contributed by atoms with Gasteiger partial charge in [0.1, 0.15) is 29.3 Å². The van der Waals surface area contributed by atoms with Gasteiger partial charge in [0.2, 0.25) is 5.82 Å². The lowest BCUT2D eigenvalue weighted by atomic mass is 10.1. The number of nitrogens with zero attached hydrogens (tertiary/aromatic N) is 3. The van der Waals surface area contributed by atoms with Crippen LogP contribution in [-0.4, -0.2) is 39.5 Å². The van der Waals surface area contributed by atoms with Gasteiger partial charge in [-0.25, -0.2) is 24.1 Å². The van der Waals surface area contributed by atoms with Crippen molar-refractivity contribution in [2.45, 2.75) is 32.7 Å². The SMILES string of the molecule is Cc1cnc(-c2cc(OCC(C)OC(=O)c3ccccc3)cc(C(=O)NCc3cnc(C(F)(F)F)nc3)c2F)s1. The number of rotatable bonds is 9. The Morgan fingerprint density at radius 3 is 2.38 bits per heavy atom. The van der Waals surface area contributed by atoms with E-state index < -0.39 is 35.8 Å². The number of hydrogen-bond acceptors (Lipinski definition) is 8. The number of alkyl halides is 3. The molecule has 0 aliphatic rings. The fraction of sp³-hybridized carbons (Fsp3) is 0.222. The van der Waals surface area contributed by atoms with E-state index in [9.17, 15) is 22.8 Å². The van der Waals surface area contributed by atoms with Crippen molar-refractivity contribution in [2.24, 2.45) is 0 Å². The third-order valence-corrected chi connectivity index (χ3v) is 6.30. The molecule has 208 valence electrons. The maximum Gasteiger partial charge on any atom is 0.451 e. The summed E-state index contributed by atoms with van der Waals surface area (Å²) in [5.74, 6) is -3.44. The number of carbonyl (C=O) groups excluding carboxylic acids is 2. The van der Waals surface area contributed by atoms with Gasteiger partial charge in [0.05, 0.1) is 16.7 Å². The monoisotopic (exact) mass is 574 g/mol. The Kier molecular flexibility index (Phi) is 8.73. The molecule has 2 aromatic carbocycles. The smallest absolute Gasteiger partial charge is 0.451 e. The van der Waals surface area contributed by atoms with Crippen LogP contribution in [0.1, 0.15) is 43.9 Å². The first-order chi connectivity index (χ1) is 19.0. The number of nitrogens with one attached hydrogen (secondary N) is 1. The number of hydrogen-bond donors (Lipinski definition) is 1. The molecule has 0 aliphatic heterocycles. The van der Waals surface area contributed by atoms with Crippen LogP contribution >= 0.6 is 11.3 Å². The molecule has 4 aromatic rings. The third kappa shape index (κ3) is 7.17. The first-order valence-corrected chi connectivity index (χ1v) is 12.6. The summed E-state index contributed by atoms with van der Waals surface area (Å²) in [6.07, 6.45) is -1.97. The quantitative estimate of drug-likeness (QED) is 0.204. The normalized spacial score (nSPS) is 12.1. The molecular formula is C27H22F4N4O4S. The van der Waals surface area contributed by atoms with Crippen molar-refractivity contribution in [3.8, 4) is 16.3 Å². The van der Waals surface area contributed by atoms with Crippen LogP contribution in [0.25, 0.3) is 10.6 Å². The number of esters is 1. The average molecular weight is 575 g/mol. The first-order valence-electron chi connectivity index (χ1n) is 11.8. The number of amides is 1. The second-order valence-electron chi connectivity index (χ2n) is 8.60. The highest BCUT2D eigenvalue weighted by atomic mass is 32.1. The Morgan fingerprint density at radius 2 is 1.75 bits per heavy atom. The molecule has 4 rings (SSSR count). The second kappa shape index (κ2) is 12.2. The van der Waals surface area contributed by atoms with E-state index in [1.165, 1.54) is 23.5 Å². The van der Waals surface area contributed by atoms with E-state index in [0.29, 0.717) is 10.6 Å². The lowest BCUT2D eigenvalue weighted by Gasteiger charge is -2.16. The fourth-order valence-electron chi connectivity index (χ4n) is 3.42. The number of ether oxygens (including phenoxy) is 2. The molecule has 1 unspecified atom stereocenters. The van der Waals surface area contributed by atoms with Gasteiger partial charge in [-0.05, 0) is 38.1 Å². The minimum Gasteiger partial charge on any atom is -0.490 e. The summed E-state index contributed by atoms with van der Waals surface area (Å²) in [5, 5.41) is 2.77. The molecule has 1 amide bonds. The van der Waals surface area contributed by atoms with Gasteiger partial charge >= 0.3 is 12.1 Å².